The molecule has 2 saturated heterocycles. The minimum Gasteiger partial charge on any atom is -0.336 e. The van der Waals surface area contributed by atoms with E-state index in [1.54, 1.807) is 22.3 Å². The molecule has 0 radical (unpaired) electrons. The molecule has 2 aliphatic rings. The standard InChI is InChI=1S/C20H26N4O5S3/c1-15-21-18(13-30-15)12-23-6-8-24(9-7-23)20(25)16-3-2-4-19(11-16)32(28,29)22-17-5-10-31(26,27)14-17/h2-4,11,13,17,22H,5-10,12,14H2,1H3. The fourth-order valence-electron chi connectivity index (χ4n) is 3.97. The lowest BCUT2D eigenvalue weighted by molar-refractivity contribution is 0.0627. The molecule has 1 aromatic heterocycles. The summed E-state index contributed by atoms with van der Waals surface area (Å²) in [6.45, 7) is 5.27. The van der Waals surface area contributed by atoms with Crippen LogP contribution in [0, 0.1) is 6.92 Å². The van der Waals surface area contributed by atoms with Gasteiger partial charge in [-0.2, -0.15) is 0 Å². The van der Waals surface area contributed by atoms with Crippen molar-refractivity contribution in [3.05, 3.63) is 45.9 Å². The first-order chi connectivity index (χ1) is 15.1. The molecule has 2 aliphatic heterocycles. The lowest BCUT2D eigenvalue weighted by Gasteiger charge is -2.34. The van der Waals surface area contributed by atoms with Gasteiger partial charge >= 0.3 is 0 Å². The molecule has 32 heavy (non-hydrogen) atoms. The number of thiazole rings is 1. The van der Waals surface area contributed by atoms with Crippen molar-refractivity contribution in [1.29, 1.82) is 0 Å². The summed E-state index contributed by atoms with van der Waals surface area (Å²) in [5, 5.41) is 3.08. The zero-order chi connectivity index (χ0) is 22.9. The molecule has 2 aromatic rings. The van der Waals surface area contributed by atoms with E-state index in [0.29, 0.717) is 18.7 Å². The predicted molar refractivity (Wildman–Crippen MR) is 122 cm³/mol. The molecule has 4 rings (SSSR count). The van der Waals surface area contributed by atoms with E-state index in [1.165, 1.54) is 18.2 Å². The third kappa shape index (κ3) is 5.54. The third-order valence-electron chi connectivity index (χ3n) is 5.66. The van der Waals surface area contributed by atoms with Crippen molar-refractivity contribution in [3.63, 3.8) is 0 Å². The molecule has 1 amide bonds. The first-order valence-electron chi connectivity index (χ1n) is 10.4. The van der Waals surface area contributed by atoms with Gasteiger partial charge in [0.25, 0.3) is 5.91 Å². The molecular formula is C20H26N4O5S3. The van der Waals surface area contributed by atoms with Crippen LogP contribution in [0.4, 0.5) is 0 Å². The number of sulfone groups is 1. The van der Waals surface area contributed by atoms with E-state index < -0.39 is 25.9 Å². The average Bonchev–Trinajstić information content (AvgIpc) is 3.31. The first kappa shape index (κ1) is 23.3. The second-order valence-corrected chi connectivity index (χ2v) is 13.2. The third-order valence-corrected chi connectivity index (χ3v) is 9.77. The Morgan fingerprint density at radius 3 is 2.62 bits per heavy atom. The highest BCUT2D eigenvalue weighted by molar-refractivity contribution is 7.92. The molecule has 0 spiro atoms. The molecule has 0 aliphatic carbocycles. The normalized spacial score (nSPS) is 21.7. The highest BCUT2D eigenvalue weighted by atomic mass is 32.2. The molecule has 3 heterocycles. The number of nitrogens with one attached hydrogen (secondary N) is 1. The van der Waals surface area contributed by atoms with Crippen molar-refractivity contribution in [2.24, 2.45) is 0 Å². The molecule has 12 heteroatoms. The van der Waals surface area contributed by atoms with Gasteiger partial charge in [-0.1, -0.05) is 6.07 Å². The Labute approximate surface area is 192 Å². The van der Waals surface area contributed by atoms with Gasteiger partial charge in [-0.05, 0) is 31.5 Å². The van der Waals surface area contributed by atoms with E-state index in [2.05, 4.69) is 14.6 Å². The fourth-order valence-corrected chi connectivity index (χ4v) is 7.67. The number of aryl methyl sites for hydroxylation is 1. The minimum atomic E-state index is -3.92. The molecule has 174 valence electrons. The first-order valence-corrected chi connectivity index (χ1v) is 14.6. The molecule has 9 nitrogen and oxygen atoms in total. The largest absolute Gasteiger partial charge is 0.336 e. The van der Waals surface area contributed by atoms with E-state index in [0.717, 1.165) is 30.3 Å². The number of carbonyl (C=O) groups is 1. The zero-order valence-corrected chi connectivity index (χ0v) is 20.2. The maximum absolute atomic E-state index is 13.0. The topological polar surface area (TPSA) is 117 Å². The highest BCUT2D eigenvalue weighted by Gasteiger charge is 2.32. The van der Waals surface area contributed by atoms with Crippen molar-refractivity contribution >= 4 is 37.1 Å². The van der Waals surface area contributed by atoms with Crippen LogP contribution in [-0.4, -0.2) is 81.3 Å². The number of sulfonamides is 1. The van der Waals surface area contributed by atoms with E-state index in [1.807, 2.05) is 12.3 Å². The molecular weight excluding hydrogens is 472 g/mol. The summed E-state index contributed by atoms with van der Waals surface area (Å²) in [4.78, 5) is 21.4. The summed E-state index contributed by atoms with van der Waals surface area (Å²) in [6, 6.07) is 5.27. The van der Waals surface area contributed by atoms with Crippen LogP contribution < -0.4 is 4.72 Å². The van der Waals surface area contributed by atoms with Gasteiger partial charge in [0.1, 0.15) is 0 Å². The van der Waals surface area contributed by atoms with Gasteiger partial charge in [0.05, 0.1) is 27.1 Å². The summed E-state index contributed by atoms with van der Waals surface area (Å²) in [5.41, 5.74) is 1.34. The highest BCUT2D eigenvalue weighted by Crippen LogP contribution is 2.19. The lowest BCUT2D eigenvalue weighted by atomic mass is 10.2. The van der Waals surface area contributed by atoms with E-state index >= 15 is 0 Å². The number of nitrogens with zero attached hydrogens (tertiary/aromatic N) is 3. The molecule has 0 bridgehead atoms. The van der Waals surface area contributed by atoms with Gasteiger partial charge in [0.15, 0.2) is 9.84 Å². The zero-order valence-electron chi connectivity index (χ0n) is 17.7. The van der Waals surface area contributed by atoms with Crippen molar-refractivity contribution < 1.29 is 21.6 Å². The number of benzene rings is 1. The SMILES string of the molecule is Cc1nc(CN2CCN(C(=O)c3cccc(S(=O)(=O)NC4CCS(=O)(=O)C4)c3)CC2)cs1. The smallest absolute Gasteiger partial charge is 0.253 e. The van der Waals surface area contributed by atoms with Crippen LogP contribution in [0.1, 0.15) is 27.5 Å². The maximum Gasteiger partial charge on any atom is 0.253 e. The molecule has 0 saturated carbocycles. The Kier molecular flexibility index (Phi) is 6.68. The molecule has 1 unspecified atom stereocenters. The van der Waals surface area contributed by atoms with Gasteiger partial charge in [-0.15, -0.1) is 11.3 Å². The summed E-state index contributed by atoms with van der Waals surface area (Å²) in [5.74, 6) is -0.433. The summed E-state index contributed by atoms with van der Waals surface area (Å²) >= 11 is 1.62. The summed E-state index contributed by atoms with van der Waals surface area (Å²) in [6.07, 6.45) is 0.255. The monoisotopic (exact) mass is 498 g/mol. The van der Waals surface area contributed by atoms with E-state index in [4.69, 9.17) is 0 Å². The maximum atomic E-state index is 13.0. The van der Waals surface area contributed by atoms with Crippen LogP contribution in [0.15, 0.2) is 34.5 Å². The van der Waals surface area contributed by atoms with Crippen LogP contribution in [0.2, 0.25) is 0 Å². The number of amides is 1. The minimum absolute atomic E-state index is 0.0211. The van der Waals surface area contributed by atoms with Crippen LogP contribution >= 0.6 is 11.3 Å². The number of aromatic nitrogens is 1. The van der Waals surface area contributed by atoms with Gasteiger partial charge in [-0.25, -0.2) is 26.5 Å². The quantitative estimate of drug-likeness (QED) is 0.628. The summed E-state index contributed by atoms with van der Waals surface area (Å²) in [7, 11) is -7.13. The fraction of sp³-hybridized carbons (Fsp3) is 0.500. The molecule has 1 aromatic carbocycles. The Morgan fingerprint density at radius 2 is 2.00 bits per heavy atom. The number of piperazine rings is 1. The van der Waals surface area contributed by atoms with E-state index in [9.17, 15) is 21.6 Å². The van der Waals surface area contributed by atoms with Crippen LogP contribution in [-0.2, 0) is 26.4 Å². The van der Waals surface area contributed by atoms with Crippen LogP contribution in [0.3, 0.4) is 0 Å². The average molecular weight is 499 g/mol. The lowest BCUT2D eigenvalue weighted by Crippen LogP contribution is -2.48. The van der Waals surface area contributed by atoms with Crippen molar-refractivity contribution in [2.45, 2.75) is 30.8 Å². The van der Waals surface area contributed by atoms with Crippen molar-refractivity contribution in [2.75, 3.05) is 37.7 Å². The number of carbonyl (C=O) groups excluding carboxylic acids is 1. The predicted octanol–water partition coefficient (Wildman–Crippen LogP) is 0.875. The van der Waals surface area contributed by atoms with Gasteiger partial charge in [-0.3, -0.25) is 9.69 Å². The van der Waals surface area contributed by atoms with E-state index in [-0.39, 0.29) is 28.7 Å². The molecule has 1 N–H and O–H groups in total. The Balaban J connectivity index is 1.38. The Hall–Kier alpha value is -1.86. The molecule has 1 atom stereocenters. The second kappa shape index (κ2) is 9.18. The van der Waals surface area contributed by atoms with Crippen LogP contribution in [0.25, 0.3) is 0 Å². The van der Waals surface area contributed by atoms with Gasteiger partial charge in [0, 0.05) is 49.7 Å². The number of rotatable bonds is 6. The van der Waals surface area contributed by atoms with Crippen LogP contribution in [0.5, 0.6) is 0 Å². The Morgan fingerprint density at radius 1 is 1.25 bits per heavy atom. The van der Waals surface area contributed by atoms with Crippen molar-refractivity contribution in [1.82, 2.24) is 19.5 Å². The molecule has 2 fully saturated rings. The number of hydrogen-bond donors (Lipinski definition) is 1. The van der Waals surface area contributed by atoms with Crippen molar-refractivity contribution in [3.8, 4) is 0 Å². The number of hydrogen-bond acceptors (Lipinski definition) is 8. The van der Waals surface area contributed by atoms with Gasteiger partial charge < -0.3 is 4.90 Å². The van der Waals surface area contributed by atoms with Gasteiger partial charge in [0.2, 0.25) is 10.0 Å². The summed E-state index contributed by atoms with van der Waals surface area (Å²) < 4.78 is 51.1. The second-order valence-electron chi connectivity index (χ2n) is 8.18. The Bertz CT molecular complexity index is 1200.